The molecule has 0 radical (unpaired) electrons. The van der Waals surface area contributed by atoms with Crippen LogP contribution in [0.15, 0.2) is 0 Å². The lowest BCUT2D eigenvalue weighted by atomic mass is 9.89. The molecule has 1 atom stereocenters. The Bertz CT molecular complexity index is 164. The third-order valence-electron chi connectivity index (χ3n) is 3.60. The molecule has 16 heavy (non-hydrogen) atoms. The summed E-state index contributed by atoms with van der Waals surface area (Å²) in [7, 11) is 0. The molecule has 2 heteroatoms. The van der Waals surface area contributed by atoms with Crippen LogP contribution in [-0.4, -0.2) is 25.3 Å². The van der Waals surface area contributed by atoms with Gasteiger partial charge in [0.15, 0.2) is 0 Å². The molecule has 0 saturated heterocycles. The number of nitrogens with one attached hydrogen (secondary N) is 1. The number of hydrogen-bond acceptors (Lipinski definition) is 2. The first-order chi connectivity index (χ1) is 7.76. The van der Waals surface area contributed by atoms with Crippen molar-refractivity contribution in [2.24, 2.45) is 5.92 Å². The van der Waals surface area contributed by atoms with Gasteiger partial charge in [-0.1, -0.05) is 20.8 Å². The highest BCUT2D eigenvalue weighted by Crippen LogP contribution is 2.26. The molecule has 1 aliphatic carbocycles. The second kappa shape index (κ2) is 8.08. The third kappa shape index (κ3) is 5.31. The Balaban J connectivity index is 2.16. The summed E-state index contributed by atoms with van der Waals surface area (Å²) in [6.45, 7) is 8.93. The fraction of sp³-hybridized carbons (Fsp3) is 1.00. The fourth-order valence-corrected chi connectivity index (χ4v) is 2.37. The van der Waals surface area contributed by atoms with E-state index in [1.807, 2.05) is 0 Å². The van der Waals surface area contributed by atoms with Gasteiger partial charge in [-0.15, -0.1) is 0 Å². The minimum atomic E-state index is 0.421. The van der Waals surface area contributed by atoms with E-state index >= 15 is 0 Å². The second-order valence-electron chi connectivity index (χ2n) is 5.25. The van der Waals surface area contributed by atoms with Gasteiger partial charge < -0.3 is 10.1 Å². The Morgan fingerprint density at radius 3 is 2.44 bits per heavy atom. The van der Waals surface area contributed by atoms with E-state index in [1.165, 1.54) is 32.1 Å². The smallest absolute Gasteiger partial charge is 0.0700 e. The minimum absolute atomic E-state index is 0.421. The lowest BCUT2D eigenvalue weighted by Gasteiger charge is -2.30. The van der Waals surface area contributed by atoms with E-state index in [0.717, 1.165) is 25.4 Å². The summed E-state index contributed by atoms with van der Waals surface area (Å²) < 4.78 is 6.17. The van der Waals surface area contributed by atoms with Crippen LogP contribution in [0.2, 0.25) is 0 Å². The van der Waals surface area contributed by atoms with Crippen LogP contribution in [0.3, 0.4) is 0 Å². The summed E-state index contributed by atoms with van der Waals surface area (Å²) in [5.41, 5.74) is 0. The minimum Gasteiger partial charge on any atom is -0.374 e. The van der Waals surface area contributed by atoms with Gasteiger partial charge in [-0.3, -0.25) is 0 Å². The maximum absolute atomic E-state index is 6.17. The van der Waals surface area contributed by atoms with Gasteiger partial charge in [0.2, 0.25) is 0 Å². The van der Waals surface area contributed by atoms with Crippen LogP contribution >= 0.6 is 0 Å². The van der Waals surface area contributed by atoms with E-state index in [4.69, 9.17) is 4.74 Å². The Morgan fingerprint density at radius 2 is 1.88 bits per heavy atom. The van der Waals surface area contributed by atoms with Crippen molar-refractivity contribution in [2.45, 2.75) is 71.5 Å². The zero-order valence-electron chi connectivity index (χ0n) is 11.3. The van der Waals surface area contributed by atoms with Crippen molar-refractivity contribution >= 4 is 0 Å². The van der Waals surface area contributed by atoms with Gasteiger partial charge in [-0.2, -0.15) is 0 Å². The largest absolute Gasteiger partial charge is 0.374 e. The highest BCUT2D eigenvalue weighted by atomic mass is 16.5. The van der Waals surface area contributed by atoms with Crippen molar-refractivity contribution in [1.29, 1.82) is 0 Å². The Hall–Kier alpha value is -0.0800. The van der Waals surface area contributed by atoms with E-state index < -0.39 is 0 Å². The summed E-state index contributed by atoms with van der Waals surface area (Å²) in [4.78, 5) is 0. The molecule has 1 rings (SSSR count). The highest BCUT2D eigenvalue weighted by molar-refractivity contribution is 4.72. The van der Waals surface area contributed by atoms with E-state index in [2.05, 4.69) is 26.1 Å². The van der Waals surface area contributed by atoms with Crippen LogP contribution in [0.1, 0.15) is 59.3 Å². The summed E-state index contributed by atoms with van der Waals surface area (Å²) in [5.74, 6) is 0.915. The summed E-state index contributed by atoms with van der Waals surface area (Å²) in [5, 5.41) is 3.46. The lowest BCUT2D eigenvalue weighted by Crippen LogP contribution is -2.33. The van der Waals surface area contributed by atoms with Crippen molar-refractivity contribution in [2.75, 3.05) is 13.1 Å². The van der Waals surface area contributed by atoms with Crippen molar-refractivity contribution in [1.82, 2.24) is 5.32 Å². The molecule has 0 aromatic carbocycles. The maximum Gasteiger partial charge on any atom is 0.0700 e. The Labute approximate surface area is 101 Å². The van der Waals surface area contributed by atoms with E-state index in [-0.39, 0.29) is 0 Å². The molecule has 0 amide bonds. The van der Waals surface area contributed by atoms with Gasteiger partial charge >= 0.3 is 0 Å². The average Bonchev–Trinajstić information content (AvgIpc) is 2.31. The Morgan fingerprint density at radius 1 is 1.19 bits per heavy atom. The third-order valence-corrected chi connectivity index (χ3v) is 3.60. The average molecular weight is 227 g/mol. The first-order valence-electron chi connectivity index (χ1n) is 7.12. The van der Waals surface area contributed by atoms with Crippen LogP contribution in [0.5, 0.6) is 0 Å². The fourth-order valence-electron chi connectivity index (χ4n) is 2.37. The Kier molecular flexibility index (Phi) is 7.06. The summed E-state index contributed by atoms with van der Waals surface area (Å²) >= 11 is 0. The molecule has 1 fully saturated rings. The van der Waals surface area contributed by atoms with Gasteiger partial charge in [-0.05, 0) is 51.0 Å². The second-order valence-corrected chi connectivity index (χ2v) is 5.25. The topological polar surface area (TPSA) is 21.3 Å². The molecule has 1 unspecified atom stereocenters. The molecule has 0 aliphatic heterocycles. The van der Waals surface area contributed by atoms with E-state index in [1.54, 1.807) is 0 Å². The normalized spacial score (nSPS) is 27.9. The molecule has 2 nitrogen and oxygen atoms in total. The zero-order chi connectivity index (χ0) is 11.8. The number of rotatable bonds is 7. The SMILES string of the molecule is CCCNCC(CC)OC1CCC(C)CC1. The van der Waals surface area contributed by atoms with Crippen LogP contribution in [0.4, 0.5) is 0 Å². The molecule has 96 valence electrons. The quantitative estimate of drug-likeness (QED) is 0.673. The monoisotopic (exact) mass is 227 g/mol. The maximum atomic E-state index is 6.17. The van der Waals surface area contributed by atoms with Crippen molar-refractivity contribution in [3.8, 4) is 0 Å². The first kappa shape index (κ1) is 14.0. The molecule has 0 heterocycles. The predicted molar refractivity (Wildman–Crippen MR) is 69.7 cm³/mol. The van der Waals surface area contributed by atoms with Gasteiger partial charge in [0.25, 0.3) is 0 Å². The van der Waals surface area contributed by atoms with Crippen molar-refractivity contribution in [3.63, 3.8) is 0 Å². The van der Waals surface area contributed by atoms with Gasteiger partial charge in [0.05, 0.1) is 12.2 Å². The molecule has 0 aromatic rings. The first-order valence-corrected chi connectivity index (χ1v) is 7.12. The molecule has 1 N–H and O–H groups in total. The molecular weight excluding hydrogens is 198 g/mol. The highest BCUT2D eigenvalue weighted by Gasteiger charge is 2.21. The number of hydrogen-bond donors (Lipinski definition) is 1. The van der Waals surface area contributed by atoms with Gasteiger partial charge in [0, 0.05) is 6.54 Å². The van der Waals surface area contributed by atoms with E-state index in [0.29, 0.717) is 12.2 Å². The predicted octanol–water partition coefficient (Wildman–Crippen LogP) is 3.36. The molecule has 0 spiro atoms. The molecule has 0 bridgehead atoms. The van der Waals surface area contributed by atoms with Crippen LogP contribution < -0.4 is 5.32 Å². The van der Waals surface area contributed by atoms with Gasteiger partial charge in [-0.25, -0.2) is 0 Å². The van der Waals surface area contributed by atoms with Crippen molar-refractivity contribution < 1.29 is 4.74 Å². The van der Waals surface area contributed by atoms with E-state index in [9.17, 15) is 0 Å². The van der Waals surface area contributed by atoms with Crippen LogP contribution in [0.25, 0.3) is 0 Å². The summed E-state index contributed by atoms with van der Waals surface area (Å²) in [6, 6.07) is 0. The van der Waals surface area contributed by atoms with Crippen LogP contribution in [-0.2, 0) is 4.74 Å². The number of ether oxygens (including phenoxy) is 1. The van der Waals surface area contributed by atoms with Crippen molar-refractivity contribution in [3.05, 3.63) is 0 Å². The van der Waals surface area contributed by atoms with Gasteiger partial charge in [0.1, 0.15) is 0 Å². The molecule has 0 aromatic heterocycles. The molecular formula is C14H29NO. The standard InChI is InChI=1S/C14H29NO/c1-4-10-15-11-13(5-2)16-14-8-6-12(3)7-9-14/h12-15H,4-11H2,1-3H3. The lowest BCUT2D eigenvalue weighted by molar-refractivity contribution is -0.0357. The van der Waals surface area contributed by atoms with Crippen LogP contribution in [0, 0.1) is 5.92 Å². The zero-order valence-corrected chi connectivity index (χ0v) is 11.3. The molecule has 1 aliphatic rings. The molecule has 1 saturated carbocycles. The summed E-state index contributed by atoms with van der Waals surface area (Å²) in [6.07, 6.45) is 8.53.